The maximum Gasteiger partial charge on any atom is 0.329 e. The smallest absolute Gasteiger partial charge is 0.329 e. The molecular weight excluding hydrogens is 420 g/mol. The fraction of sp³-hybridized carbons (Fsp3) is 0.538. The van der Waals surface area contributed by atoms with E-state index in [4.69, 9.17) is 4.74 Å². The zero-order chi connectivity index (χ0) is 24.0. The van der Waals surface area contributed by atoms with Crippen LogP contribution in [0.2, 0.25) is 0 Å². The van der Waals surface area contributed by atoms with Crippen molar-refractivity contribution in [2.24, 2.45) is 5.92 Å². The zero-order valence-electron chi connectivity index (χ0n) is 19.7. The molecular formula is C26H34N2O5. The number of allylic oxidation sites excluding steroid dienone is 2. The lowest BCUT2D eigenvalue weighted by atomic mass is 9.98. The molecule has 0 aliphatic carbocycles. The summed E-state index contributed by atoms with van der Waals surface area (Å²) in [5.41, 5.74) is 1.41. The minimum Gasteiger partial charge on any atom is -0.461 e. The Kier molecular flexibility index (Phi) is 8.42. The van der Waals surface area contributed by atoms with Crippen molar-refractivity contribution >= 4 is 23.6 Å². The number of amides is 2. The van der Waals surface area contributed by atoms with Gasteiger partial charge in [-0.3, -0.25) is 14.4 Å². The third kappa shape index (κ3) is 6.76. The van der Waals surface area contributed by atoms with E-state index in [1.54, 1.807) is 6.92 Å². The van der Waals surface area contributed by atoms with Crippen LogP contribution in [-0.2, 0) is 30.3 Å². The van der Waals surface area contributed by atoms with Gasteiger partial charge in [-0.05, 0) is 56.6 Å². The normalized spacial score (nSPS) is 29.7. The number of benzene rings is 1. The van der Waals surface area contributed by atoms with Crippen LogP contribution in [0, 0.1) is 5.92 Å². The van der Waals surface area contributed by atoms with Crippen LogP contribution in [-0.4, -0.2) is 53.2 Å². The fourth-order valence-electron chi connectivity index (χ4n) is 4.49. The molecule has 0 radical (unpaired) electrons. The van der Waals surface area contributed by atoms with Crippen LogP contribution in [0.1, 0.15) is 58.4 Å². The highest BCUT2D eigenvalue weighted by Crippen LogP contribution is 2.23. The maximum absolute atomic E-state index is 13.5. The van der Waals surface area contributed by atoms with Crippen LogP contribution in [0.3, 0.4) is 0 Å². The summed E-state index contributed by atoms with van der Waals surface area (Å²) in [4.78, 5) is 53.3. The molecule has 2 aliphatic rings. The number of fused-ring (bicyclic) bond motifs is 1. The van der Waals surface area contributed by atoms with Gasteiger partial charge in [-0.15, -0.1) is 0 Å². The number of esters is 1. The van der Waals surface area contributed by atoms with Crippen molar-refractivity contribution in [1.82, 2.24) is 10.2 Å². The SMILES string of the molecule is C/C1=C\[C@H](C)CC[C@@H](C)OC(=O)C2CCCN2C(=O)[C@H](Cc2ccccc2)NC(=O)CC1=O. The minimum atomic E-state index is -0.866. The summed E-state index contributed by atoms with van der Waals surface area (Å²) in [5, 5.41) is 2.77. The lowest BCUT2D eigenvalue weighted by Gasteiger charge is -2.29. The first kappa shape index (κ1) is 24.7. The summed E-state index contributed by atoms with van der Waals surface area (Å²) in [6, 6.07) is 7.87. The number of nitrogens with zero attached hydrogens (tertiary/aromatic N) is 1. The summed E-state index contributed by atoms with van der Waals surface area (Å²) in [5.74, 6) is -1.34. The van der Waals surface area contributed by atoms with E-state index in [0.29, 0.717) is 31.4 Å². The van der Waals surface area contributed by atoms with Gasteiger partial charge in [-0.25, -0.2) is 4.79 Å². The van der Waals surface area contributed by atoms with Crippen molar-refractivity contribution in [3.05, 3.63) is 47.5 Å². The van der Waals surface area contributed by atoms with E-state index in [9.17, 15) is 19.2 Å². The Morgan fingerprint density at radius 3 is 2.48 bits per heavy atom. The molecule has 4 atom stereocenters. The third-order valence-corrected chi connectivity index (χ3v) is 6.37. The molecule has 33 heavy (non-hydrogen) atoms. The van der Waals surface area contributed by atoms with Gasteiger partial charge in [0.05, 0.1) is 12.5 Å². The van der Waals surface area contributed by atoms with Crippen molar-refractivity contribution < 1.29 is 23.9 Å². The number of carbonyl (C=O) groups is 4. The molecule has 1 N–H and O–H groups in total. The number of hydrogen-bond acceptors (Lipinski definition) is 5. The van der Waals surface area contributed by atoms with Crippen LogP contribution >= 0.6 is 0 Å². The van der Waals surface area contributed by atoms with Crippen molar-refractivity contribution in [1.29, 1.82) is 0 Å². The lowest BCUT2D eigenvalue weighted by molar-refractivity contribution is -0.158. The molecule has 0 bridgehead atoms. The van der Waals surface area contributed by atoms with Gasteiger partial charge in [0.2, 0.25) is 11.8 Å². The second kappa shape index (κ2) is 11.3. The number of carbonyl (C=O) groups excluding carboxylic acids is 4. The number of cyclic esters (lactones) is 1. The van der Waals surface area contributed by atoms with Crippen LogP contribution < -0.4 is 5.32 Å². The second-order valence-electron chi connectivity index (χ2n) is 9.25. The highest BCUT2D eigenvalue weighted by atomic mass is 16.5. The van der Waals surface area contributed by atoms with Crippen molar-refractivity contribution in [2.45, 2.75) is 77.5 Å². The highest BCUT2D eigenvalue weighted by molar-refractivity contribution is 6.07. The van der Waals surface area contributed by atoms with Gasteiger partial charge in [0, 0.05) is 13.0 Å². The van der Waals surface area contributed by atoms with Gasteiger partial charge < -0.3 is 15.0 Å². The summed E-state index contributed by atoms with van der Waals surface area (Å²) >= 11 is 0. The van der Waals surface area contributed by atoms with Gasteiger partial charge in [-0.1, -0.05) is 43.3 Å². The standard InChI is InChI=1S/C26H34N2O5/c1-17-11-12-19(3)33-26(32)22-10-7-13-28(22)25(31)21(15-20-8-5-4-6-9-20)27-24(30)16-23(29)18(2)14-17/h4-6,8-9,14,17,19,21-22H,7,10-13,15-16H2,1-3H3,(H,27,30)/b18-14+/t17-,19-,21+,22?/m1/s1. The molecule has 1 unspecified atom stereocenters. The number of nitrogens with one attached hydrogen (secondary N) is 1. The number of Topliss-reactive ketones (excluding diaryl/α,β-unsaturated/α-hetero) is 1. The average molecular weight is 455 g/mol. The van der Waals surface area contributed by atoms with Gasteiger partial charge in [-0.2, -0.15) is 0 Å². The highest BCUT2D eigenvalue weighted by Gasteiger charge is 2.39. The first-order valence-electron chi connectivity index (χ1n) is 11.8. The molecule has 1 aromatic carbocycles. The molecule has 178 valence electrons. The Bertz CT molecular complexity index is 911. The summed E-state index contributed by atoms with van der Waals surface area (Å²) < 4.78 is 5.68. The van der Waals surface area contributed by atoms with Crippen LogP contribution in [0.25, 0.3) is 0 Å². The monoisotopic (exact) mass is 454 g/mol. The molecule has 1 fully saturated rings. The maximum atomic E-state index is 13.5. The van der Waals surface area contributed by atoms with Crippen LogP contribution in [0.5, 0.6) is 0 Å². The summed E-state index contributed by atoms with van der Waals surface area (Å²) in [6.07, 6.45) is 4.19. The number of ketones is 1. The predicted octanol–water partition coefficient (Wildman–Crippen LogP) is 2.97. The van der Waals surface area contributed by atoms with E-state index in [1.165, 1.54) is 4.90 Å². The summed E-state index contributed by atoms with van der Waals surface area (Å²) in [6.45, 7) is 6.00. The number of rotatable bonds is 2. The molecule has 3 rings (SSSR count). The fourth-order valence-corrected chi connectivity index (χ4v) is 4.49. The molecule has 2 amide bonds. The third-order valence-electron chi connectivity index (χ3n) is 6.37. The minimum absolute atomic E-state index is 0.112. The second-order valence-corrected chi connectivity index (χ2v) is 9.25. The number of ether oxygens (including phenoxy) is 1. The van der Waals surface area contributed by atoms with E-state index in [1.807, 2.05) is 50.3 Å². The lowest BCUT2D eigenvalue weighted by Crippen LogP contribution is -2.53. The van der Waals surface area contributed by atoms with E-state index in [0.717, 1.165) is 12.0 Å². The van der Waals surface area contributed by atoms with E-state index in [2.05, 4.69) is 5.32 Å². The quantitative estimate of drug-likeness (QED) is 0.548. The van der Waals surface area contributed by atoms with Crippen molar-refractivity contribution in [2.75, 3.05) is 6.54 Å². The van der Waals surface area contributed by atoms with Gasteiger partial charge in [0.25, 0.3) is 0 Å². The predicted molar refractivity (Wildman–Crippen MR) is 124 cm³/mol. The van der Waals surface area contributed by atoms with Crippen molar-refractivity contribution in [3.63, 3.8) is 0 Å². The molecule has 0 saturated carbocycles. The first-order chi connectivity index (χ1) is 15.7. The van der Waals surface area contributed by atoms with Gasteiger partial charge in [0.15, 0.2) is 5.78 Å². The Morgan fingerprint density at radius 2 is 1.76 bits per heavy atom. The topological polar surface area (TPSA) is 92.8 Å². The molecule has 7 nitrogen and oxygen atoms in total. The molecule has 0 spiro atoms. The Morgan fingerprint density at radius 1 is 1.03 bits per heavy atom. The van der Waals surface area contributed by atoms with Crippen LogP contribution in [0.4, 0.5) is 0 Å². The first-order valence-corrected chi connectivity index (χ1v) is 11.8. The summed E-state index contributed by atoms with van der Waals surface area (Å²) in [7, 11) is 0. The largest absolute Gasteiger partial charge is 0.461 e. The average Bonchev–Trinajstić information content (AvgIpc) is 3.27. The Balaban J connectivity index is 1.89. The molecule has 2 heterocycles. The number of hydrogen-bond donors (Lipinski definition) is 1. The van der Waals surface area contributed by atoms with Gasteiger partial charge >= 0.3 is 5.97 Å². The van der Waals surface area contributed by atoms with E-state index in [-0.39, 0.29) is 42.5 Å². The van der Waals surface area contributed by atoms with Gasteiger partial charge in [0.1, 0.15) is 12.1 Å². The molecule has 1 saturated heterocycles. The van der Waals surface area contributed by atoms with Crippen molar-refractivity contribution in [3.8, 4) is 0 Å². The molecule has 1 aromatic rings. The van der Waals surface area contributed by atoms with E-state index >= 15 is 0 Å². The van der Waals surface area contributed by atoms with Crippen LogP contribution in [0.15, 0.2) is 42.0 Å². The Hall–Kier alpha value is -2.96. The Labute approximate surface area is 195 Å². The molecule has 0 aromatic heterocycles. The zero-order valence-corrected chi connectivity index (χ0v) is 19.7. The van der Waals surface area contributed by atoms with E-state index < -0.39 is 18.0 Å². The molecule has 2 aliphatic heterocycles. The molecule has 7 heteroatoms.